The van der Waals surface area contributed by atoms with Crippen molar-refractivity contribution in [2.24, 2.45) is 0 Å². The first-order chi connectivity index (χ1) is 13.1. The van der Waals surface area contributed by atoms with Crippen LogP contribution >= 0.6 is 0 Å². The third-order valence-electron chi connectivity index (χ3n) is 4.38. The van der Waals surface area contributed by atoms with Crippen molar-refractivity contribution in [2.45, 2.75) is 26.5 Å². The van der Waals surface area contributed by atoms with Crippen LogP contribution in [-0.4, -0.2) is 37.1 Å². The molecule has 0 unspecified atom stereocenters. The fourth-order valence-corrected chi connectivity index (χ4v) is 3.82. The molecule has 0 saturated carbocycles. The summed E-state index contributed by atoms with van der Waals surface area (Å²) < 4.78 is 34.1. The second-order valence-corrected chi connectivity index (χ2v) is 8.41. The molecule has 0 radical (unpaired) electrons. The van der Waals surface area contributed by atoms with Gasteiger partial charge in [0, 0.05) is 18.5 Å². The largest absolute Gasteiger partial charge is 0.376 e. The normalized spacial score (nSPS) is 11.9. The van der Waals surface area contributed by atoms with E-state index in [1.165, 1.54) is 5.56 Å². The van der Waals surface area contributed by atoms with Crippen molar-refractivity contribution in [3.05, 3.63) is 65.9 Å². The molecule has 1 aromatic heterocycles. The summed E-state index contributed by atoms with van der Waals surface area (Å²) in [5.74, 6) is -0.0380. The molecule has 144 valence electrons. The maximum atomic E-state index is 12.0. The number of nitrogens with zero attached hydrogens (tertiary/aromatic N) is 2. The van der Waals surface area contributed by atoms with Gasteiger partial charge in [0.2, 0.25) is 10.0 Å². The Morgan fingerprint density at radius 1 is 1.11 bits per heavy atom. The van der Waals surface area contributed by atoms with Crippen molar-refractivity contribution in [3.8, 4) is 0 Å². The summed E-state index contributed by atoms with van der Waals surface area (Å²) in [4.78, 5) is 0. The van der Waals surface area contributed by atoms with E-state index in [2.05, 4.69) is 22.8 Å². The van der Waals surface area contributed by atoms with Crippen molar-refractivity contribution in [2.75, 3.05) is 18.9 Å². The summed E-state index contributed by atoms with van der Waals surface area (Å²) in [6, 6.07) is 15.8. The minimum atomic E-state index is -3.33. The van der Waals surface area contributed by atoms with Gasteiger partial charge < -0.3 is 4.74 Å². The maximum Gasteiger partial charge on any atom is 0.213 e. The molecular weight excluding hydrogens is 362 g/mol. The summed E-state index contributed by atoms with van der Waals surface area (Å²) in [5, 5.41) is 5.53. The first-order valence-corrected chi connectivity index (χ1v) is 10.7. The van der Waals surface area contributed by atoms with Crippen molar-refractivity contribution in [3.63, 3.8) is 0 Å². The van der Waals surface area contributed by atoms with Crippen molar-refractivity contribution in [1.29, 1.82) is 0 Å². The summed E-state index contributed by atoms with van der Waals surface area (Å²) in [6.07, 6.45) is 2.54. The molecule has 0 aliphatic carbocycles. The lowest BCUT2D eigenvalue weighted by atomic mass is 10.1. The number of benzene rings is 2. The molecule has 27 heavy (non-hydrogen) atoms. The van der Waals surface area contributed by atoms with E-state index in [4.69, 9.17) is 4.74 Å². The summed E-state index contributed by atoms with van der Waals surface area (Å²) in [7, 11) is -3.33. The number of fused-ring (bicyclic) bond motifs is 1. The quantitative estimate of drug-likeness (QED) is 0.543. The van der Waals surface area contributed by atoms with Gasteiger partial charge in [-0.25, -0.2) is 13.1 Å². The molecule has 3 rings (SSSR count). The highest BCUT2D eigenvalue weighted by Crippen LogP contribution is 2.17. The monoisotopic (exact) mass is 387 g/mol. The third kappa shape index (κ3) is 5.63. The number of nitrogens with one attached hydrogen (secondary N) is 1. The number of hydrogen-bond acceptors (Lipinski definition) is 4. The van der Waals surface area contributed by atoms with E-state index in [0.29, 0.717) is 26.1 Å². The fourth-order valence-electron chi connectivity index (χ4n) is 2.89. The van der Waals surface area contributed by atoms with Gasteiger partial charge in [-0.2, -0.15) is 5.10 Å². The van der Waals surface area contributed by atoms with Crippen molar-refractivity contribution >= 4 is 20.9 Å². The molecule has 2 aromatic carbocycles. The van der Waals surface area contributed by atoms with Gasteiger partial charge in [0.25, 0.3) is 0 Å². The summed E-state index contributed by atoms with van der Waals surface area (Å²) in [6.45, 7) is 3.70. The Morgan fingerprint density at radius 3 is 2.74 bits per heavy atom. The van der Waals surface area contributed by atoms with Gasteiger partial charge in [0.05, 0.1) is 30.7 Å². The summed E-state index contributed by atoms with van der Waals surface area (Å²) in [5.41, 5.74) is 3.30. The minimum Gasteiger partial charge on any atom is -0.376 e. The zero-order valence-corrected chi connectivity index (χ0v) is 16.3. The highest BCUT2D eigenvalue weighted by atomic mass is 32.2. The molecule has 0 spiro atoms. The van der Waals surface area contributed by atoms with E-state index in [1.54, 1.807) is 0 Å². The zero-order valence-electron chi connectivity index (χ0n) is 15.5. The van der Waals surface area contributed by atoms with Crippen molar-refractivity contribution < 1.29 is 13.2 Å². The lowest BCUT2D eigenvalue weighted by molar-refractivity contribution is 0.135. The first-order valence-electron chi connectivity index (χ1n) is 9.05. The number of aryl methyl sites for hydroxylation is 2. The van der Waals surface area contributed by atoms with E-state index >= 15 is 0 Å². The highest BCUT2D eigenvalue weighted by Gasteiger charge is 2.10. The third-order valence-corrected chi connectivity index (χ3v) is 5.73. The molecule has 6 nitrogen and oxygen atoms in total. The average molecular weight is 388 g/mol. The molecular formula is C20H25N3O3S. The Balaban J connectivity index is 1.38. The predicted octanol–water partition coefficient (Wildman–Crippen LogP) is 2.87. The van der Waals surface area contributed by atoms with Crippen LogP contribution in [0.3, 0.4) is 0 Å². The molecule has 0 amide bonds. The molecule has 0 aliphatic heterocycles. The SMILES string of the molecule is Cc1cccc2c1cnn2CCCNS(=O)(=O)CCOCc1ccccc1. The highest BCUT2D eigenvalue weighted by molar-refractivity contribution is 7.89. The molecule has 0 fully saturated rings. The molecule has 0 atom stereocenters. The van der Waals surface area contributed by atoms with Crippen LogP contribution in [-0.2, 0) is 27.9 Å². The van der Waals surface area contributed by atoms with Gasteiger partial charge in [-0.3, -0.25) is 4.68 Å². The Kier molecular flexibility index (Phi) is 6.60. The minimum absolute atomic E-state index is 0.0380. The van der Waals surface area contributed by atoms with E-state index in [-0.39, 0.29) is 12.4 Å². The van der Waals surface area contributed by atoms with E-state index in [1.807, 2.05) is 53.3 Å². The van der Waals surface area contributed by atoms with Gasteiger partial charge in [-0.1, -0.05) is 42.5 Å². The van der Waals surface area contributed by atoms with Crippen LogP contribution in [0.15, 0.2) is 54.7 Å². The molecule has 0 aliphatic rings. The second-order valence-electron chi connectivity index (χ2n) is 6.48. The first kappa shape index (κ1) is 19.5. The Bertz CT molecular complexity index is 969. The topological polar surface area (TPSA) is 73.2 Å². The number of hydrogen-bond donors (Lipinski definition) is 1. The molecule has 7 heteroatoms. The van der Waals surface area contributed by atoms with Crippen LogP contribution in [0.2, 0.25) is 0 Å². The number of sulfonamides is 1. The Morgan fingerprint density at radius 2 is 1.93 bits per heavy atom. The lowest BCUT2D eigenvalue weighted by Gasteiger charge is -2.08. The predicted molar refractivity (Wildman–Crippen MR) is 107 cm³/mol. The van der Waals surface area contributed by atoms with Gasteiger partial charge in [0.1, 0.15) is 0 Å². The molecule has 0 bridgehead atoms. The van der Waals surface area contributed by atoms with Crippen LogP contribution in [0.25, 0.3) is 10.9 Å². The number of ether oxygens (including phenoxy) is 1. The van der Waals surface area contributed by atoms with Crippen LogP contribution in [0, 0.1) is 6.92 Å². The summed E-state index contributed by atoms with van der Waals surface area (Å²) >= 11 is 0. The van der Waals surface area contributed by atoms with Gasteiger partial charge in [0.15, 0.2) is 0 Å². The lowest BCUT2D eigenvalue weighted by Crippen LogP contribution is -2.29. The van der Waals surface area contributed by atoms with Crippen LogP contribution < -0.4 is 4.72 Å². The van der Waals surface area contributed by atoms with Gasteiger partial charge in [-0.05, 0) is 30.5 Å². The maximum absolute atomic E-state index is 12.0. The molecule has 0 saturated heterocycles. The second kappa shape index (κ2) is 9.12. The smallest absolute Gasteiger partial charge is 0.213 e. The Hall–Kier alpha value is -2.22. The standard InChI is InChI=1S/C20H25N3O3S/c1-17-7-5-10-20-19(17)15-21-23(20)12-6-11-22-27(24,25)14-13-26-16-18-8-3-2-4-9-18/h2-5,7-10,15,22H,6,11-14,16H2,1H3. The molecule has 1 N–H and O–H groups in total. The number of rotatable bonds is 10. The van der Waals surface area contributed by atoms with Gasteiger partial charge in [-0.15, -0.1) is 0 Å². The van der Waals surface area contributed by atoms with Gasteiger partial charge >= 0.3 is 0 Å². The van der Waals surface area contributed by atoms with Crippen molar-refractivity contribution in [1.82, 2.24) is 14.5 Å². The zero-order chi connectivity index (χ0) is 19.1. The fraction of sp³-hybridized carbons (Fsp3) is 0.350. The molecule has 1 heterocycles. The van der Waals surface area contributed by atoms with Crippen LogP contribution in [0.5, 0.6) is 0 Å². The van der Waals surface area contributed by atoms with Crippen LogP contribution in [0.1, 0.15) is 17.5 Å². The van der Waals surface area contributed by atoms with E-state index in [0.717, 1.165) is 16.5 Å². The van der Waals surface area contributed by atoms with E-state index < -0.39 is 10.0 Å². The molecule has 3 aromatic rings. The Labute approximate surface area is 160 Å². The average Bonchev–Trinajstić information content (AvgIpc) is 3.08. The number of aromatic nitrogens is 2. The van der Waals surface area contributed by atoms with E-state index in [9.17, 15) is 8.42 Å². The van der Waals surface area contributed by atoms with Crippen LogP contribution in [0.4, 0.5) is 0 Å².